The molecule has 0 radical (unpaired) electrons. The van der Waals surface area contributed by atoms with Gasteiger partial charge in [0.2, 0.25) is 0 Å². The molecule has 0 fully saturated rings. The summed E-state index contributed by atoms with van der Waals surface area (Å²) in [5.41, 5.74) is 0. The predicted molar refractivity (Wildman–Crippen MR) is 217 cm³/mol. The van der Waals surface area contributed by atoms with Gasteiger partial charge < -0.3 is 28.6 Å². The highest BCUT2D eigenvalue weighted by Crippen LogP contribution is 2.13. The number of quaternary nitrogens is 1. The molecule has 8 nitrogen and oxygen atoms in total. The molecular formula is C45H77NO7. The van der Waals surface area contributed by atoms with E-state index < -0.39 is 18.1 Å². The summed E-state index contributed by atoms with van der Waals surface area (Å²) < 4.78 is 17.1. The van der Waals surface area contributed by atoms with Crippen molar-refractivity contribution in [1.29, 1.82) is 0 Å². The van der Waals surface area contributed by atoms with E-state index >= 15 is 0 Å². The molecule has 0 saturated carbocycles. The van der Waals surface area contributed by atoms with Crippen LogP contribution in [0.5, 0.6) is 0 Å². The zero-order chi connectivity index (χ0) is 39.3. The van der Waals surface area contributed by atoms with E-state index in [0.717, 1.165) is 57.8 Å². The maximum atomic E-state index is 12.7. The van der Waals surface area contributed by atoms with Gasteiger partial charge in [-0.3, -0.25) is 9.59 Å². The number of allylic oxidation sites excluding steroid dienone is 10. The summed E-state index contributed by atoms with van der Waals surface area (Å²) in [4.78, 5) is 36.7. The molecule has 0 rings (SSSR count). The van der Waals surface area contributed by atoms with Crippen LogP contribution in [0.4, 0.5) is 0 Å². The number of carbonyl (C=O) groups excluding carboxylic acids is 3. The van der Waals surface area contributed by atoms with Gasteiger partial charge in [0, 0.05) is 19.3 Å². The van der Waals surface area contributed by atoms with Gasteiger partial charge in [-0.05, 0) is 51.4 Å². The highest BCUT2D eigenvalue weighted by molar-refractivity contribution is 5.70. The number of hydrogen-bond acceptors (Lipinski definition) is 7. The van der Waals surface area contributed by atoms with Gasteiger partial charge in [0.15, 0.2) is 6.10 Å². The lowest BCUT2D eigenvalue weighted by Gasteiger charge is -2.34. The number of aliphatic carboxylic acids is 1. The topological polar surface area (TPSA) is 102 Å². The highest BCUT2D eigenvalue weighted by Gasteiger charge is 2.25. The van der Waals surface area contributed by atoms with Crippen LogP contribution in [0.15, 0.2) is 60.8 Å². The maximum Gasteiger partial charge on any atom is 0.306 e. The third kappa shape index (κ3) is 34.5. The molecule has 0 aromatic heterocycles. The second kappa shape index (κ2) is 36.0. The molecule has 2 atom stereocenters. The van der Waals surface area contributed by atoms with E-state index in [0.29, 0.717) is 12.8 Å². The number of rotatable bonds is 36. The summed E-state index contributed by atoms with van der Waals surface area (Å²) in [5, 5.41) is 11.6. The fraction of sp³-hybridized carbons (Fsp3) is 0.711. The molecule has 304 valence electrons. The molecule has 0 spiro atoms. The Morgan fingerprint density at radius 1 is 0.585 bits per heavy atom. The summed E-state index contributed by atoms with van der Waals surface area (Å²) in [6, 6.07) is -0.736. The van der Waals surface area contributed by atoms with Crippen LogP contribution in [-0.4, -0.2) is 75.5 Å². The zero-order valence-electron chi connectivity index (χ0n) is 34.4. The molecule has 8 heteroatoms. The first kappa shape index (κ1) is 50.0. The Balaban J connectivity index is 4.49. The standard InChI is InChI=1S/C45H77NO7/c1-6-8-10-12-14-16-18-20-21-22-23-24-26-28-30-32-34-36-44(48)53-41(39-51-38-37-42(45(49)50)46(3,4)5)40-52-43(47)35-33-31-29-27-25-19-17-15-13-11-9-7-2/h8,10,14,16,20-21,23-24,28,30,41-42H,6-7,9,11-13,15,17-19,22,25-27,29,31-40H2,1-5H3/b10-8-,16-14-,21-20-,24-23-,30-28-. The van der Waals surface area contributed by atoms with E-state index in [9.17, 15) is 19.5 Å². The van der Waals surface area contributed by atoms with Gasteiger partial charge in [0.1, 0.15) is 12.6 Å². The first-order valence-corrected chi connectivity index (χ1v) is 20.8. The molecule has 2 unspecified atom stereocenters. The molecule has 0 aliphatic heterocycles. The Kier molecular flexibility index (Phi) is 34.0. The Morgan fingerprint density at radius 3 is 1.55 bits per heavy atom. The number of hydrogen-bond donors (Lipinski definition) is 0. The van der Waals surface area contributed by atoms with Crippen LogP contribution in [-0.2, 0) is 28.6 Å². The average Bonchev–Trinajstić information content (AvgIpc) is 3.11. The van der Waals surface area contributed by atoms with Gasteiger partial charge in [-0.15, -0.1) is 0 Å². The molecule has 0 aromatic carbocycles. The Bertz CT molecular complexity index is 1050. The van der Waals surface area contributed by atoms with Crippen molar-refractivity contribution in [2.75, 3.05) is 41.0 Å². The summed E-state index contributed by atoms with van der Waals surface area (Å²) in [7, 11) is 5.38. The van der Waals surface area contributed by atoms with E-state index in [1.54, 1.807) is 21.1 Å². The average molecular weight is 744 g/mol. The number of likely N-dealkylation sites (N-methyl/N-ethyl adjacent to an activating group) is 1. The lowest BCUT2D eigenvalue weighted by atomic mass is 10.0. The minimum absolute atomic E-state index is 0.0172. The van der Waals surface area contributed by atoms with E-state index in [1.807, 2.05) is 0 Å². The van der Waals surface area contributed by atoms with Gasteiger partial charge in [-0.2, -0.15) is 0 Å². The van der Waals surface area contributed by atoms with Crippen molar-refractivity contribution < 1.29 is 38.2 Å². The summed E-state index contributed by atoms with van der Waals surface area (Å²) in [6.07, 6.45) is 42.5. The molecule has 0 heterocycles. The minimum Gasteiger partial charge on any atom is -0.544 e. The number of carbonyl (C=O) groups is 3. The molecule has 53 heavy (non-hydrogen) atoms. The largest absolute Gasteiger partial charge is 0.544 e. The van der Waals surface area contributed by atoms with E-state index in [-0.39, 0.29) is 49.1 Å². The monoisotopic (exact) mass is 744 g/mol. The third-order valence-corrected chi connectivity index (χ3v) is 8.92. The Labute approximate surface area is 324 Å². The number of carboxylic acids is 1. The molecule has 0 aromatic rings. The maximum absolute atomic E-state index is 12.7. The molecule has 0 N–H and O–H groups in total. The lowest BCUT2D eigenvalue weighted by molar-refractivity contribution is -0.889. The summed E-state index contributed by atoms with van der Waals surface area (Å²) in [5.74, 6) is -1.82. The fourth-order valence-electron chi connectivity index (χ4n) is 5.69. The smallest absolute Gasteiger partial charge is 0.306 e. The van der Waals surface area contributed by atoms with Gasteiger partial charge in [0.25, 0.3) is 0 Å². The van der Waals surface area contributed by atoms with Crippen molar-refractivity contribution >= 4 is 17.9 Å². The number of esters is 2. The SMILES string of the molecule is CC/C=C\C/C=C\C/C=C\C/C=C\C/C=C\CCCC(=O)OC(COCCC(C(=O)[O-])[N+](C)(C)C)COC(=O)CCCCCCCCCCCCCC. The van der Waals surface area contributed by atoms with Gasteiger partial charge in [-0.1, -0.05) is 145 Å². The third-order valence-electron chi connectivity index (χ3n) is 8.92. The number of unbranched alkanes of at least 4 members (excludes halogenated alkanes) is 12. The van der Waals surface area contributed by atoms with Crippen molar-refractivity contribution in [3.8, 4) is 0 Å². The normalized spacial score (nSPS) is 13.6. The predicted octanol–water partition coefficient (Wildman–Crippen LogP) is 9.69. The van der Waals surface area contributed by atoms with Gasteiger partial charge >= 0.3 is 11.9 Å². The first-order valence-electron chi connectivity index (χ1n) is 20.8. The lowest BCUT2D eigenvalue weighted by Crippen LogP contribution is -2.55. The van der Waals surface area contributed by atoms with Crippen molar-refractivity contribution in [3.05, 3.63) is 60.8 Å². The van der Waals surface area contributed by atoms with E-state index in [4.69, 9.17) is 14.2 Å². The summed E-state index contributed by atoms with van der Waals surface area (Å²) in [6.45, 7) is 4.47. The second-order valence-corrected chi connectivity index (χ2v) is 14.8. The van der Waals surface area contributed by atoms with Crippen molar-refractivity contribution in [3.63, 3.8) is 0 Å². The first-order chi connectivity index (χ1) is 25.6. The van der Waals surface area contributed by atoms with Crippen LogP contribution in [0, 0.1) is 0 Å². The minimum atomic E-state index is -1.14. The van der Waals surface area contributed by atoms with Crippen LogP contribution in [0.25, 0.3) is 0 Å². The molecular weight excluding hydrogens is 666 g/mol. The van der Waals surface area contributed by atoms with Crippen LogP contribution >= 0.6 is 0 Å². The van der Waals surface area contributed by atoms with Crippen LogP contribution in [0.3, 0.4) is 0 Å². The van der Waals surface area contributed by atoms with Crippen LogP contribution in [0.1, 0.15) is 155 Å². The molecule has 0 aliphatic rings. The second-order valence-electron chi connectivity index (χ2n) is 14.8. The number of nitrogens with zero attached hydrogens (tertiary/aromatic N) is 1. The van der Waals surface area contributed by atoms with E-state index in [1.165, 1.54) is 57.8 Å². The van der Waals surface area contributed by atoms with Crippen molar-refractivity contribution in [1.82, 2.24) is 0 Å². The van der Waals surface area contributed by atoms with Crippen LogP contribution < -0.4 is 5.11 Å². The molecule has 0 aliphatic carbocycles. The number of ether oxygens (including phenoxy) is 3. The van der Waals surface area contributed by atoms with Gasteiger partial charge in [-0.25, -0.2) is 0 Å². The van der Waals surface area contributed by atoms with E-state index in [2.05, 4.69) is 74.6 Å². The van der Waals surface area contributed by atoms with Crippen molar-refractivity contribution in [2.24, 2.45) is 0 Å². The summed E-state index contributed by atoms with van der Waals surface area (Å²) >= 11 is 0. The molecule has 0 amide bonds. The zero-order valence-corrected chi connectivity index (χ0v) is 34.4. The van der Waals surface area contributed by atoms with Gasteiger partial charge in [0.05, 0.1) is 40.3 Å². The molecule has 0 bridgehead atoms. The Morgan fingerprint density at radius 2 is 1.06 bits per heavy atom. The Hall–Kier alpha value is -2.97. The van der Waals surface area contributed by atoms with Crippen LogP contribution in [0.2, 0.25) is 0 Å². The highest BCUT2D eigenvalue weighted by atomic mass is 16.6. The molecule has 0 saturated heterocycles. The quantitative estimate of drug-likeness (QED) is 0.0273. The van der Waals surface area contributed by atoms with Crippen molar-refractivity contribution in [2.45, 2.75) is 167 Å². The number of carboxylic acid groups (broad SMARTS) is 1. The fourth-order valence-corrected chi connectivity index (χ4v) is 5.69.